The van der Waals surface area contributed by atoms with Gasteiger partial charge in [-0.2, -0.15) is 0 Å². The lowest BCUT2D eigenvalue weighted by atomic mass is 10.0. The molecule has 1 unspecified atom stereocenters. The fraction of sp³-hybridized carbons (Fsp3) is 0.188. The van der Waals surface area contributed by atoms with Gasteiger partial charge in [-0.25, -0.2) is 4.98 Å². The summed E-state index contributed by atoms with van der Waals surface area (Å²) < 4.78 is 2.33. The van der Waals surface area contributed by atoms with Crippen LogP contribution in [0.25, 0.3) is 10.2 Å². The zero-order valence-electron chi connectivity index (χ0n) is 10.9. The Balaban J connectivity index is 1.70. The number of benzene rings is 2. The Kier molecular flexibility index (Phi) is 4.15. The largest absolute Gasteiger partial charge is 0.327 e. The van der Waals surface area contributed by atoms with Crippen molar-refractivity contribution < 1.29 is 0 Å². The summed E-state index contributed by atoms with van der Waals surface area (Å²) in [4.78, 5) is 4.64. The zero-order valence-corrected chi connectivity index (χ0v) is 13.3. The maximum absolute atomic E-state index is 6.26. The molecule has 0 saturated carbocycles. The highest BCUT2D eigenvalue weighted by molar-refractivity contribution is 9.10. The van der Waals surface area contributed by atoms with Crippen LogP contribution in [0.1, 0.15) is 10.6 Å². The number of nitrogens with zero attached hydrogens (tertiary/aromatic N) is 1. The number of rotatable bonds is 4. The molecule has 2 aromatic carbocycles. The van der Waals surface area contributed by atoms with Gasteiger partial charge in [0.1, 0.15) is 0 Å². The Morgan fingerprint density at radius 3 is 2.75 bits per heavy atom. The molecule has 0 aliphatic rings. The van der Waals surface area contributed by atoms with Crippen LogP contribution in [0.4, 0.5) is 0 Å². The van der Waals surface area contributed by atoms with E-state index in [4.69, 9.17) is 5.73 Å². The molecule has 2 nitrogen and oxygen atoms in total. The van der Waals surface area contributed by atoms with Gasteiger partial charge in [-0.05, 0) is 36.2 Å². The summed E-state index contributed by atoms with van der Waals surface area (Å²) in [6.45, 7) is 0. The van der Waals surface area contributed by atoms with Gasteiger partial charge in [0, 0.05) is 16.9 Å². The highest BCUT2D eigenvalue weighted by Gasteiger charge is 2.10. The minimum atomic E-state index is 0.102. The van der Waals surface area contributed by atoms with Crippen LogP contribution in [-0.4, -0.2) is 11.0 Å². The van der Waals surface area contributed by atoms with Gasteiger partial charge in [0.15, 0.2) is 0 Å². The molecule has 3 aromatic rings. The molecule has 0 radical (unpaired) electrons. The van der Waals surface area contributed by atoms with Crippen molar-refractivity contribution >= 4 is 37.5 Å². The van der Waals surface area contributed by atoms with Gasteiger partial charge >= 0.3 is 0 Å². The highest BCUT2D eigenvalue weighted by atomic mass is 79.9. The van der Waals surface area contributed by atoms with Crippen molar-refractivity contribution in [3.8, 4) is 0 Å². The minimum Gasteiger partial charge on any atom is -0.327 e. The van der Waals surface area contributed by atoms with Gasteiger partial charge in [-0.1, -0.05) is 40.2 Å². The van der Waals surface area contributed by atoms with Crippen molar-refractivity contribution in [2.45, 2.75) is 18.9 Å². The average molecular weight is 347 g/mol. The molecule has 3 rings (SSSR count). The molecule has 1 atom stereocenters. The molecule has 4 heteroatoms. The number of fused-ring (bicyclic) bond motifs is 1. The van der Waals surface area contributed by atoms with Crippen LogP contribution >= 0.6 is 27.3 Å². The standard InChI is InChI=1S/C16H15BrN2S/c17-12-5-3-4-11(8-12)9-13(18)10-16-19-14-6-1-2-7-15(14)20-16/h1-8,13H,9-10,18H2. The van der Waals surface area contributed by atoms with E-state index in [1.165, 1.54) is 10.3 Å². The summed E-state index contributed by atoms with van der Waals surface area (Å²) >= 11 is 5.23. The topological polar surface area (TPSA) is 38.9 Å². The Bertz CT molecular complexity index is 690. The monoisotopic (exact) mass is 346 g/mol. The van der Waals surface area contributed by atoms with E-state index in [9.17, 15) is 0 Å². The smallest absolute Gasteiger partial charge is 0.0954 e. The predicted molar refractivity (Wildman–Crippen MR) is 89.1 cm³/mol. The van der Waals surface area contributed by atoms with Crippen LogP contribution in [0.3, 0.4) is 0 Å². The first-order valence-electron chi connectivity index (χ1n) is 6.55. The normalized spacial score (nSPS) is 12.7. The summed E-state index contributed by atoms with van der Waals surface area (Å²) in [5.74, 6) is 0. The Morgan fingerprint density at radius 1 is 1.10 bits per heavy atom. The average Bonchev–Trinajstić information content (AvgIpc) is 2.80. The SMILES string of the molecule is NC(Cc1cccc(Br)c1)Cc1nc2ccccc2s1. The van der Waals surface area contributed by atoms with Crippen molar-refractivity contribution in [1.29, 1.82) is 0 Å². The second kappa shape index (κ2) is 6.04. The van der Waals surface area contributed by atoms with Crippen molar-refractivity contribution in [2.24, 2.45) is 5.73 Å². The Labute approximate surface area is 130 Å². The second-order valence-corrected chi connectivity index (χ2v) is 6.90. The van der Waals surface area contributed by atoms with E-state index in [0.717, 1.165) is 27.8 Å². The van der Waals surface area contributed by atoms with Crippen molar-refractivity contribution in [3.05, 3.63) is 63.6 Å². The first kappa shape index (κ1) is 13.7. The molecule has 2 N–H and O–H groups in total. The van der Waals surface area contributed by atoms with Crippen molar-refractivity contribution in [2.75, 3.05) is 0 Å². The minimum absolute atomic E-state index is 0.102. The third kappa shape index (κ3) is 3.26. The lowest BCUT2D eigenvalue weighted by molar-refractivity contribution is 0.663. The number of para-hydroxylation sites is 1. The quantitative estimate of drug-likeness (QED) is 0.769. The summed E-state index contributed by atoms with van der Waals surface area (Å²) in [6, 6.07) is 16.6. The number of thiazole rings is 1. The van der Waals surface area contributed by atoms with Crippen LogP contribution in [0, 0.1) is 0 Å². The van der Waals surface area contributed by atoms with E-state index in [2.05, 4.69) is 45.2 Å². The van der Waals surface area contributed by atoms with E-state index in [1.807, 2.05) is 24.3 Å². The molecular weight excluding hydrogens is 332 g/mol. The number of nitrogens with two attached hydrogens (primary N) is 1. The number of hydrogen-bond donors (Lipinski definition) is 1. The predicted octanol–water partition coefficient (Wildman–Crippen LogP) is 4.17. The molecule has 0 saturated heterocycles. The van der Waals surface area contributed by atoms with Gasteiger partial charge in [0.05, 0.1) is 15.2 Å². The van der Waals surface area contributed by atoms with E-state index >= 15 is 0 Å². The van der Waals surface area contributed by atoms with Gasteiger partial charge in [-0.3, -0.25) is 0 Å². The molecule has 0 spiro atoms. The third-order valence-electron chi connectivity index (χ3n) is 3.16. The fourth-order valence-electron chi connectivity index (χ4n) is 2.27. The summed E-state index contributed by atoms with van der Waals surface area (Å²) in [7, 11) is 0. The van der Waals surface area contributed by atoms with E-state index in [0.29, 0.717) is 0 Å². The van der Waals surface area contributed by atoms with Gasteiger partial charge < -0.3 is 5.73 Å². The van der Waals surface area contributed by atoms with Gasteiger partial charge in [-0.15, -0.1) is 11.3 Å². The maximum Gasteiger partial charge on any atom is 0.0954 e. The second-order valence-electron chi connectivity index (χ2n) is 4.87. The van der Waals surface area contributed by atoms with Crippen molar-refractivity contribution in [3.63, 3.8) is 0 Å². The summed E-state index contributed by atoms with van der Waals surface area (Å²) in [5, 5.41) is 1.12. The fourth-order valence-corrected chi connectivity index (χ4v) is 3.78. The van der Waals surface area contributed by atoms with Crippen LogP contribution in [0.15, 0.2) is 53.0 Å². The van der Waals surface area contributed by atoms with Crippen LogP contribution in [0.2, 0.25) is 0 Å². The number of aromatic nitrogens is 1. The van der Waals surface area contributed by atoms with Crippen LogP contribution < -0.4 is 5.73 Å². The van der Waals surface area contributed by atoms with E-state index < -0.39 is 0 Å². The van der Waals surface area contributed by atoms with E-state index in [1.54, 1.807) is 11.3 Å². The molecular formula is C16H15BrN2S. The summed E-state index contributed by atoms with van der Waals surface area (Å²) in [5.41, 5.74) is 8.59. The van der Waals surface area contributed by atoms with Gasteiger partial charge in [0.25, 0.3) is 0 Å². The van der Waals surface area contributed by atoms with Crippen LogP contribution in [-0.2, 0) is 12.8 Å². The van der Waals surface area contributed by atoms with Gasteiger partial charge in [0.2, 0.25) is 0 Å². The molecule has 0 aliphatic carbocycles. The number of halogens is 1. The molecule has 20 heavy (non-hydrogen) atoms. The first-order chi connectivity index (χ1) is 9.70. The van der Waals surface area contributed by atoms with Crippen molar-refractivity contribution in [1.82, 2.24) is 4.98 Å². The number of hydrogen-bond acceptors (Lipinski definition) is 3. The lowest BCUT2D eigenvalue weighted by Crippen LogP contribution is -2.25. The third-order valence-corrected chi connectivity index (χ3v) is 4.71. The van der Waals surface area contributed by atoms with E-state index in [-0.39, 0.29) is 6.04 Å². The maximum atomic E-state index is 6.26. The molecule has 1 heterocycles. The Morgan fingerprint density at radius 2 is 1.95 bits per heavy atom. The molecule has 0 fully saturated rings. The molecule has 102 valence electrons. The molecule has 0 bridgehead atoms. The first-order valence-corrected chi connectivity index (χ1v) is 8.16. The lowest BCUT2D eigenvalue weighted by Gasteiger charge is -2.10. The molecule has 1 aromatic heterocycles. The molecule has 0 amide bonds. The van der Waals surface area contributed by atoms with Crippen LogP contribution in [0.5, 0.6) is 0 Å². The summed E-state index contributed by atoms with van der Waals surface area (Å²) in [6.07, 6.45) is 1.70. The Hall–Kier alpha value is -1.23. The highest BCUT2D eigenvalue weighted by Crippen LogP contribution is 2.23. The zero-order chi connectivity index (χ0) is 13.9. The molecule has 0 aliphatic heterocycles.